The van der Waals surface area contributed by atoms with E-state index in [2.05, 4.69) is 25.9 Å². The number of nitrogen functional groups attached to an aromatic ring is 1. The van der Waals surface area contributed by atoms with Crippen LogP contribution in [-0.4, -0.2) is 19.7 Å². The fourth-order valence-corrected chi connectivity index (χ4v) is 3.50. The third-order valence-electron chi connectivity index (χ3n) is 4.33. The van der Waals surface area contributed by atoms with Gasteiger partial charge < -0.3 is 5.73 Å². The van der Waals surface area contributed by atoms with Crippen molar-refractivity contribution < 1.29 is 0 Å². The summed E-state index contributed by atoms with van der Waals surface area (Å²) in [6.07, 6.45) is 6.41. The molecule has 2 N–H and O–H groups in total. The van der Waals surface area contributed by atoms with Crippen molar-refractivity contribution in [2.75, 3.05) is 5.73 Å². The molecular weight excluding hydrogens is 342 g/mol. The van der Waals surface area contributed by atoms with Crippen molar-refractivity contribution in [1.29, 1.82) is 0 Å². The summed E-state index contributed by atoms with van der Waals surface area (Å²) in [5.74, 6) is 0.957. The molecule has 1 aromatic carbocycles. The molecule has 22 heavy (non-hydrogen) atoms. The highest BCUT2D eigenvalue weighted by molar-refractivity contribution is 9.10. The minimum Gasteiger partial charge on any atom is -0.382 e. The molecule has 0 unspecified atom stereocenters. The minimum atomic E-state index is 0.477. The molecule has 5 nitrogen and oxygen atoms in total. The molecule has 0 bridgehead atoms. The molecule has 2 aromatic heterocycles. The summed E-state index contributed by atoms with van der Waals surface area (Å²) in [5.41, 5.74) is 9.85. The van der Waals surface area contributed by atoms with Gasteiger partial charge in [0.1, 0.15) is 17.4 Å². The Labute approximate surface area is 136 Å². The summed E-state index contributed by atoms with van der Waals surface area (Å²) in [6.45, 7) is 0. The van der Waals surface area contributed by atoms with Gasteiger partial charge in [0.25, 0.3) is 0 Å². The normalized spacial score (nSPS) is 15.7. The van der Waals surface area contributed by atoms with E-state index in [0.29, 0.717) is 11.7 Å². The van der Waals surface area contributed by atoms with Crippen LogP contribution >= 0.6 is 15.9 Å². The summed E-state index contributed by atoms with van der Waals surface area (Å²) in [6, 6.07) is 8.03. The van der Waals surface area contributed by atoms with Crippen molar-refractivity contribution in [3.05, 3.63) is 40.8 Å². The zero-order valence-corrected chi connectivity index (χ0v) is 13.6. The monoisotopic (exact) mass is 357 g/mol. The van der Waals surface area contributed by atoms with E-state index in [1.54, 1.807) is 0 Å². The molecule has 0 amide bonds. The van der Waals surface area contributed by atoms with Crippen LogP contribution in [0.1, 0.15) is 37.3 Å². The van der Waals surface area contributed by atoms with Crippen molar-refractivity contribution >= 4 is 32.8 Å². The number of aromatic nitrogens is 4. The smallest absolute Gasteiger partial charge is 0.153 e. The van der Waals surface area contributed by atoms with Crippen LogP contribution in [0.15, 0.2) is 35.1 Å². The van der Waals surface area contributed by atoms with Gasteiger partial charge in [-0.1, -0.05) is 28.8 Å². The summed E-state index contributed by atoms with van der Waals surface area (Å²) in [7, 11) is 0. The first-order valence-electron chi connectivity index (χ1n) is 7.49. The SMILES string of the molecule is Nc1ncnc2c(C3CCCC3)nn(-c3ccc(Br)cc3)c12. The van der Waals surface area contributed by atoms with Crippen molar-refractivity contribution in [1.82, 2.24) is 19.7 Å². The average molecular weight is 358 g/mol. The van der Waals surface area contributed by atoms with Crippen LogP contribution in [0.25, 0.3) is 16.7 Å². The van der Waals surface area contributed by atoms with Gasteiger partial charge in [-0.25, -0.2) is 14.6 Å². The van der Waals surface area contributed by atoms with Crippen molar-refractivity contribution in [3.63, 3.8) is 0 Å². The van der Waals surface area contributed by atoms with Crippen LogP contribution in [0.5, 0.6) is 0 Å². The third-order valence-corrected chi connectivity index (χ3v) is 4.85. The van der Waals surface area contributed by atoms with Gasteiger partial charge in [0, 0.05) is 10.4 Å². The lowest BCUT2D eigenvalue weighted by Crippen LogP contribution is -2.01. The first kappa shape index (κ1) is 13.7. The second kappa shape index (κ2) is 5.35. The van der Waals surface area contributed by atoms with Crippen LogP contribution in [-0.2, 0) is 0 Å². The van der Waals surface area contributed by atoms with E-state index in [0.717, 1.165) is 26.9 Å². The van der Waals surface area contributed by atoms with Crippen molar-refractivity contribution in [3.8, 4) is 5.69 Å². The Kier molecular flexibility index (Phi) is 3.33. The Bertz CT molecular complexity index is 818. The van der Waals surface area contributed by atoms with Crippen LogP contribution in [0.3, 0.4) is 0 Å². The highest BCUT2D eigenvalue weighted by Crippen LogP contribution is 2.37. The van der Waals surface area contributed by atoms with Crippen LogP contribution < -0.4 is 5.73 Å². The molecular formula is C16H16BrN5. The van der Waals surface area contributed by atoms with Gasteiger partial charge in [-0.15, -0.1) is 0 Å². The molecule has 2 heterocycles. The molecule has 112 valence electrons. The largest absolute Gasteiger partial charge is 0.382 e. The molecule has 0 spiro atoms. The molecule has 1 saturated carbocycles. The second-order valence-electron chi connectivity index (χ2n) is 5.71. The van der Waals surface area contributed by atoms with Crippen molar-refractivity contribution in [2.45, 2.75) is 31.6 Å². The number of nitrogens with zero attached hydrogens (tertiary/aromatic N) is 4. The number of hydrogen-bond acceptors (Lipinski definition) is 4. The van der Waals surface area contributed by atoms with E-state index in [1.807, 2.05) is 28.9 Å². The second-order valence-corrected chi connectivity index (χ2v) is 6.63. The molecule has 1 aliphatic rings. The fourth-order valence-electron chi connectivity index (χ4n) is 3.24. The third kappa shape index (κ3) is 2.18. The number of anilines is 1. The van der Waals surface area contributed by atoms with Gasteiger partial charge in [0.15, 0.2) is 5.82 Å². The predicted octanol–water partition coefficient (Wildman–Crippen LogP) is 3.82. The van der Waals surface area contributed by atoms with Crippen LogP contribution in [0.4, 0.5) is 5.82 Å². The molecule has 0 radical (unpaired) electrons. The molecule has 4 rings (SSSR count). The van der Waals surface area contributed by atoms with E-state index in [-0.39, 0.29) is 0 Å². The molecule has 3 aromatic rings. The predicted molar refractivity (Wildman–Crippen MR) is 90.0 cm³/mol. The number of benzene rings is 1. The Balaban J connectivity index is 1.95. The standard InChI is InChI=1S/C16H16BrN5/c17-11-5-7-12(8-6-11)22-15-14(19-9-20-16(15)18)13(21-22)10-3-1-2-4-10/h5-10H,1-4H2,(H2,18,19,20). The van der Waals surface area contributed by atoms with Crippen LogP contribution in [0.2, 0.25) is 0 Å². The zero-order valence-electron chi connectivity index (χ0n) is 12.0. The summed E-state index contributed by atoms with van der Waals surface area (Å²) >= 11 is 3.46. The molecule has 0 saturated heterocycles. The zero-order chi connectivity index (χ0) is 15.1. The van der Waals surface area contributed by atoms with Gasteiger partial charge in [0.05, 0.1) is 11.4 Å². The van der Waals surface area contributed by atoms with E-state index in [4.69, 9.17) is 10.8 Å². The Hall–Kier alpha value is -1.95. The summed E-state index contributed by atoms with van der Waals surface area (Å²) in [5, 5.41) is 4.85. The maximum absolute atomic E-state index is 6.12. The van der Waals surface area contributed by atoms with Gasteiger partial charge >= 0.3 is 0 Å². The van der Waals surface area contributed by atoms with E-state index in [1.165, 1.54) is 32.0 Å². The topological polar surface area (TPSA) is 69.6 Å². The number of nitrogens with two attached hydrogens (primary N) is 1. The van der Waals surface area contributed by atoms with Crippen molar-refractivity contribution in [2.24, 2.45) is 0 Å². The number of halogens is 1. The highest BCUT2D eigenvalue weighted by atomic mass is 79.9. The maximum atomic E-state index is 6.12. The Morgan fingerprint density at radius 2 is 1.82 bits per heavy atom. The minimum absolute atomic E-state index is 0.477. The van der Waals surface area contributed by atoms with Crippen LogP contribution in [0, 0.1) is 0 Å². The van der Waals surface area contributed by atoms with Gasteiger partial charge in [-0.05, 0) is 37.1 Å². The quantitative estimate of drug-likeness (QED) is 0.756. The van der Waals surface area contributed by atoms with E-state index in [9.17, 15) is 0 Å². The summed E-state index contributed by atoms with van der Waals surface area (Å²) < 4.78 is 2.91. The number of rotatable bonds is 2. The molecule has 0 aliphatic heterocycles. The average Bonchev–Trinajstić information content (AvgIpc) is 3.15. The number of hydrogen-bond donors (Lipinski definition) is 1. The van der Waals surface area contributed by atoms with E-state index >= 15 is 0 Å². The molecule has 1 aliphatic carbocycles. The molecule has 0 atom stereocenters. The lowest BCUT2D eigenvalue weighted by Gasteiger charge is -2.05. The molecule has 1 fully saturated rings. The Morgan fingerprint density at radius 1 is 1.09 bits per heavy atom. The fraction of sp³-hybridized carbons (Fsp3) is 0.312. The van der Waals surface area contributed by atoms with Gasteiger partial charge in [0.2, 0.25) is 0 Å². The van der Waals surface area contributed by atoms with E-state index < -0.39 is 0 Å². The Morgan fingerprint density at radius 3 is 2.55 bits per heavy atom. The maximum Gasteiger partial charge on any atom is 0.153 e. The molecule has 6 heteroatoms. The first-order chi connectivity index (χ1) is 10.7. The lowest BCUT2D eigenvalue weighted by molar-refractivity contribution is 0.683. The lowest BCUT2D eigenvalue weighted by atomic mass is 10.0. The first-order valence-corrected chi connectivity index (χ1v) is 8.28. The summed E-state index contributed by atoms with van der Waals surface area (Å²) in [4.78, 5) is 8.61. The van der Waals surface area contributed by atoms with Gasteiger partial charge in [-0.2, -0.15) is 5.10 Å². The number of fused-ring (bicyclic) bond motifs is 1. The highest BCUT2D eigenvalue weighted by Gasteiger charge is 2.25. The van der Waals surface area contributed by atoms with Gasteiger partial charge in [-0.3, -0.25) is 0 Å².